The molecule has 0 amide bonds. The van der Waals surface area contributed by atoms with Crippen LogP contribution in [0.4, 0.5) is 11.4 Å². The first kappa shape index (κ1) is 24.2. The second kappa shape index (κ2) is 10.7. The van der Waals surface area contributed by atoms with Gasteiger partial charge in [0.05, 0.1) is 17.4 Å². The maximum Gasteiger partial charge on any atom is 0.261 e. The molecule has 0 spiro atoms. The van der Waals surface area contributed by atoms with Crippen LogP contribution in [0.2, 0.25) is 0 Å². The number of rotatable bonds is 8. The van der Waals surface area contributed by atoms with E-state index in [0.29, 0.717) is 23.3 Å². The normalized spacial score (nSPS) is 11.1. The highest BCUT2D eigenvalue weighted by molar-refractivity contribution is 5.83. The van der Waals surface area contributed by atoms with Gasteiger partial charge in [-0.1, -0.05) is 73.7 Å². The molecule has 4 aromatic carbocycles. The highest BCUT2D eigenvalue weighted by Gasteiger charge is 2.14. The van der Waals surface area contributed by atoms with Crippen molar-refractivity contribution in [3.8, 4) is 22.5 Å². The zero-order valence-electron chi connectivity index (χ0n) is 21.5. The van der Waals surface area contributed by atoms with Gasteiger partial charge in [0.2, 0.25) is 5.82 Å². The Kier molecular flexibility index (Phi) is 6.66. The lowest BCUT2D eigenvalue weighted by Gasteiger charge is -2.15. The molecule has 0 saturated heterocycles. The fourth-order valence-electron chi connectivity index (χ4n) is 4.79. The summed E-state index contributed by atoms with van der Waals surface area (Å²) in [5, 5.41) is 18.5. The molecule has 2 N–H and O–H groups in total. The topological polar surface area (TPSA) is 101 Å². The first-order chi connectivity index (χ1) is 19.2. The van der Waals surface area contributed by atoms with Gasteiger partial charge in [-0.3, -0.25) is 9.36 Å². The molecule has 0 unspecified atom stereocenters. The maximum absolute atomic E-state index is 13.8. The Hall–Kier alpha value is -5.11. The number of benzene rings is 4. The Morgan fingerprint density at radius 2 is 1.62 bits per heavy atom. The molecular formula is C31H27N7O. The fourth-order valence-corrected chi connectivity index (χ4v) is 4.79. The van der Waals surface area contributed by atoms with E-state index in [0.717, 1.165) is 52.3 Å². The van der Waals surface area contributed by atoms with E-state index in [1.807, 2.05) is 72.8 Å². The minimum Gasteiger partial charge on any atom is -0.356 e. The van der Waals surface area contributed by atoms with Crippen molar-refractivity contribution in [2.75, 3.05) is 5.32 Å². The first-order valence-corrected chi connectivity index (χ1v) is 13.0. The number of para-hydroxylation sites is 1. The van der Waals surface area contributed by atoms with Crippen molar-refractivity contribution in [1.29, 1.82) is 0 Å². The van der Waals surface area contributed by atoms with Gasteiger partial charge in [-0.15, -0.1) is 10.2 Å². The van der Waals surface area contributed by atoms with Crippen LogP contribution in [0.25, 0.3) is 33.4 Å². The lowest BCUT2D eigenvalue weighted by molar-refractivity contribution is 0.665. The van der Waals surface area contributed by atoms with Gasteiger partial charge in [0.25, 0.3) is 5.56 Å². The third kappa shape index (κ3) is 5.04. The van der Waals surface area contributed by atoms with Crippen LogP contribution in [0.1, 0.15) is 24.7 Å². The van der Waals surface area contributed by atoms with Crippen molar-refractivity contribution in [3.05, 3.63) is 119 Å². The molecule has 8 heteroatoms. The lowest BCUT2D eigenvalue weighted by Crippen LogP contribution is -2.26. The molecule has 8 nitrogen and oxygen atoms in total. The molecule has 0 saturated carbocycles. The lowest BCUT2D eigenvalue weighted by atomic mass is 9.98. The number of hydrogen-bond acceptors (Lipinski definition) is 6. The summed E-state index contributed by atoms with van der Waals surface area (Å²) in [5.74, 6) is 1.35. The van der Waals surface area contributed by atoms with Gasteiger partial charge in [-0.2, -0.15) is 5.21 Å². The van der Waals surface area contributed by atoms with Gasteiger partial charge < -0.3 is 5.32 Å². The summed E-state index contributed by atoms with van der Waals surface area (Å²) < 4.78 is 1.81. The number of nitrogens with one attached hydrogen (secondary N) is 2. The van der Waals surface area contributed by atoms with Crippen LogP contribution in [0, 0.1) is 0 Å². The SMILES string of the molecule is CCCc1nc2ccc(Nc3ccccc3)cc2c(=O)n1Cc1ccc(-c2ccccc2-c2nn[nH]n2)cc1. The number of fused-ring (bicyclic) bond motifs is 1. The maximum atomic E-state index is 13.8. The average Bonchev–Trinajstić information content (AvgIpc) is 3.52. The number of H-pyrrole nitrogens is 1. The Balaban J connectivity index is 1.34. The fraction of sp³-hybridized carbons (Fsp3) is 0.129. The molecule has 2 aromatic heterocycles. The van der Waals surface area contributed by atoms with Crippen LogP contribution in [-0.2, 0) is 13.0 Å². The Morgan fingerprint density at radius 3 is 2.36 bits per heavy atom. The number of tetrazole rings is 1. The predicted octanol–water partition coefficient (Wildman–Crippen LogP) is 5.99. The Morgan fingerprint density at radius 1 is 0.846 bits per heavy atom. The van der Waals surface area contributed by atoms with E-state index in [1.54, 1.807) is 4.57 Å². The second-order valence-corrected chi connectivity index (χ2v) is 9.37. The highest BCUT2D eigenvalue weighted by Crippen LogP contribution is 2.30. The molecule has 39 heavy (non-hydrogen) atoms. The number of anilines is 2. The third-order valence-corrected chi connectivity index (χ3v) is 6.69. The molecule has 0 fully saturated rings. The van der Waals surface area contributed by atoms with Crippen molar-refractivity contribution in [1.82, 2.24) is 30.2 Å². The number of aryl methyl sites for hydroxylation is 1. The standard InChI is InChI=1S/C31H27N7O/c1-2-8-29-33-28-18-17-24(32-23-9-4-3-5-10-23)19-27(28)31(39)38(29)20-21-13-15-22(16-14-21)25-11-6-7-12-26(25)30-34-36-37-35-30/h3-7,9-19,32H,2,8,20H2,1H3,(H,34,35,36,37). The van der Waals surface area contributed by atoms with Gasteiger partial charge in [-0.05, 0) is 58.7 Å². The van der Waals surface area contributed by atoms with Gasteiger partial charge in [-0.25, -0.2) is 4.98 Å². The van der Waals surface area contributed by atoms with E-state index < -0.39 is 0 Å². The van der Waals surface area contributed by atoms with E-state index in [1.165, 1.54) is 0 Å². The quantitative estimate of drug-likeness (QED) is 0.259. The molecule has 0 bridgehead atoms. The van der Waals surface area contributed by atoms with Crippen LogP contribution >= 0.6 is 0 Å². The van der Waals surface area contributed by atoms with E-state index in [2.05, 4.69) is 57.1 Å². The van der Waals surface area contributed by atoms with Crippen molar-refractivity contribution in [2.24, 2.45) is 0 Å². The molecule has 192 valence electrons. The molecule has 6 aromatic rings. The number of hydrogen-bond donors (Lipinski definition) is 2. The minimum atomic E-state index is -0.0355. The predicted molar refractivity (Wildman–Crippen MR) is 154 cm³/mol. The van der Waals surface area contributed by atoms with Crippen molar-refractivity contribution >= 4 is 22.3 Å². The zero-order chi connectivity index (χ0) is 26.6. The van der Waals surface area contributed by atoms with Gasteiger partial charge in [0, 0.05) is 23.4 Å². The van der Waals surface area contributed by atoms with E-state index in [9.17, 15) is 4.79 Å². The zero-order valence-corrected chi connectivity index (χ0v) is 21.5. The molecule has 6 rings (SSSR count). The summed E-state index contributed by atoms with van der Waals surface area (Å²) >= 11 is 0. The van der Waals surface area contributed by atoms with Gasteiger partial charge in [0.1, 0.15) is 5.82 Å². The van der Waals surface area contributed by atoms with E-state index in [4.69, 9.17) is 4.98 Å². The summed E-state index contributed by atoms with van der Waals surface area (Å²) in [6.07, 6.45) is 1.63. The van der Waals surface area contributed by atoms with Crippen LogP contribution in [0.5, 0.6) is 0 Å². The monoisotopic (exact) mass is 513 g/mol. The Labute approximate surface area is 225 Å². The van der Waals surface area contributed by atoms with E-state index in [-0.39, 0.29) is 5.56 Å². The van der Waals surface area contributed by atoms with Crippen LogP contribution < -0.4 is 10.9 Å². The Bertz CT molecular complexity index is 1780. The first-order valence-electron chi connectivity index (χ1n) is 13.0. The molecule has 0 aliphatic heterocycles. The molecule has 2 heterocycles. The summed E-state index contributed by atoms with van der Waals surface area (Å²) in [4.78, 5) is 18.7. The smallest absolute Gasteiger partial charge is 0.261 e. The number of aromatic nitrogens is 6. The summed E-state index contributed by atoms with van der Waals surface area (Å²) in [6.45, 7) is 2.55. The van der Waals surface area contributed by atoms with Crippen molar-refractivity contribution in [3.63, 3.8) is 0 Å². The summed E-state index contributed by atoms with van der Waals surface area (Å²) in [5.41, 5.74) is 6.47. The molecular weight excluding hydrogens is 486 g/mol. The molecule has 0 atom stereocenters. The molecule has 0 radical (unpaired) electrons. The summed E-state index contributed by atoms with van der Waals surface area (Å²) in [6, 6.07) is 31.9. The van der Waals surface area contributed by atoms with Crippen molar-refractivity contribution in [2.45, 2.75) is 26.3 Å². The van der Waals surface area contributed by atoms with Crippen LogP contribution in [0.15, 0.2) is 102 Å². The largest absolute Gasteiger partial charge is 0.356 e. The highest BCUT2D eigenvalue weighted by atomic mass is 16.1. The molecule has 0 aliphatic rings. The minimum absolute atomic E-state index is 0.0355. The van der Waals surface area contributed by atoms with E-state index >= 15 is 0 Å². The van der Waals surface area contributed by atoms with Crippen molar-refractivity contribution < 1.29 is 0 Å². The second-order valence-electron chi connectivity index (χ2n) is 9.37. The molecule has 0 aliphatic carbocycles. The van der Waals surface area contributed by atoms with Gasteiger partial charge in [0.15, 0.2) is 0 Å². The number of aromatic amines is 1. The summed E-state index contributed by atoms with van der Waals surface area (Å²) in [7, 11) is 0. The third-order valence-electron chi connectivity index (χ3n) is 6.69. The van der Waals surface area contributed by atoms with Gasteiger partial charge >= 0.3 is 0 Å². The van der Waals surface area contributed by atoms with Crippen LogP contribution in [-0.4, -0.2) is 30.2 Å². The number of nitrogens with zero attached hydrogens (tertiary/aromatic N) is 5. The average molecular weight is 514 g/mol. The van der Waals surface area contributed by atoms with Crippen LogP contribution in [0.3, 0.4) is 0 Å².